The van der Waals surface area contributed by atoms with Crippen molar-refractivity contribution < 1.29 is 14.3 Å². The van der Waals surface area contributed by atoms with Crippen molar-refractivity contribution >= 4 is 16.9 Å². The summed E-state index contributed by atoms with van der Waals surface area (Å²) in [4.78, 5) is 13.3. The Labute approximate surface area is 117 Å². The summed E-state index contributed by atoms with van der Waals surface area (Å²) in [5.74, 6) is -0.444. The molecule has 5 nitrogen and oxygen atoms in total. The van der Waals surface area contributed by atoms with E-state index in [9.17, 15) is 4.79 Å². The van der Waals surface area contributed by atoms with Crippen LogP contribution in [-0.2, 0) is 6.54 Å². The number of aromatic carboxylic acids is 1. The maximum atomic E-state index is 10.9. The third kappa shape index (κ3) is 2.55. The molecular weight excluding hydrogens is 256 g/mol. The smallest absolute Gasteiger partial charge is 0.371 e. The monoisotopic (exact) mass is 274 g/mol. The van der Waals surface area contributed by atoms with E-state index >= 15 is 0 Å². The number of carbonyl (C=O) groups is 1. The van der Waals surface area contributed by atoms with E-state index in [1.54, 1.807) is 6.07 Å². The predicted octanol–water partition coefficient (Wildman–Crippen LogP) is 1.91. The van der Waals surface area contributed by atoms with Crippen LogP contribution in [0, 0.1) is 5.92 Å². The second kappa shape index (κ2) is 5.26. The Kier molecular flexibility index (Phi) is 3.46. The normalized spacial score (nSPS) is 19.8. The van der Waals surface area contributed by atoms with Gasteiger partial charge < -0.3 is 15.3 Å². The summed E-state index contributed by atoms with van der Waals surface area (Å²) in [5.41, 5.74) is 7.49. The lowest BCUT2D eigenvalue weighted by molar-refractivity contribution is 0.0665. The molecule has 1 saturated heterocycles. The zero-order valence-electron chi connectivity index (χ0n) is 11.2. The van der Waals surface area contributed by atoms with Gasteiger partial charge in [-0.15, -0.1) is 0 Å². The summed E-state index contributed by atoms with van der Waals surface area (Å²) in [5, 5.41) is 9.77. The van der Waals surface area contributed by atoms with E-state index in [4.69, 9.17) is 15.3 Å². The maximum absolute atomic E-state index is 10.9. The summed E-state index contributed by atoms with van der Waals surface area (Å²) >= 11 is 0. The zero-order chi connectivity index (χ0) is 14.1. The molecule has 1 fully saturated rings. The lowest BCUT2D eigenvalue weighted by Crippen LogP contribution is -2.22. The molecule has 0 bridgehead atoms. The van der Waals surface area contributed by atoms with Gasteiger partial charge in [0.05, 0.1) is 0 Å². The highest BCUT2D eigenvalue weighted by Gasteiger charge is 2.21. The Morgan fingerprint density at radius 1 is 1.45 bits per heavy atom. The molecule has 3 rings (SSSR count). The molecule has 1 aromatic carbocycles. The molecule has 1 unspecified atom stereocenters. The van der Waals surface area contributed by atoms with Crippen LogP contribution in [-0.4, -0.2) is 35.6 Å². The van der Waals surface area contributed by atoms with E-state index in [-0.39, 0.29) is 5.76 Å². The SMILES string of the molecule is NCC1CCN(Cc2ccc3oc(C(=O)O)cc3c2)C1. The summed E-state index contributed by atoms with van der Waals surface area (Å²) in [6.45, 7) is 3.74. The minimum Gasteiger partial charge on any atom is -0.475 e. The number of hydrogen-bond acceptors (Lipinski definition) is 4. The van der Waals surface area contributed by atoms with Crippen molar-refractivity contribution in [2.75, 3.05) is 19.6 Å². The quantitative estimate of drug-likeness (QED) is 0.890. The molecule has 1 aliphatic heterocycles. The first-order chi connectivity index (χ1) is 9.65. The summed E-state index contributed by atoms with van der Waals surface area (Å²) in [6.07, 6.45) is 1.16. The predicted molar refractivity (Wildman–Crippen MR) is 75.6 cm³/mol. The highest BCUT2D eigenvalue weighted by molar-refractivity contribution is 5.91. The fraction of sp³-hybridized carbons (Fsp3) is 0.400. The zero-order valence-corrected chi connectivity index (χ0v) is 11.2. The second-order valence-electron chi connectivity index (χ2n) is 5.41. The number of nitrogens with zero attached hydrogens (tertiary/aromatic N) is 1. The molecule has 0 radical (unpaired) electrons. The number of carboxylic acid groups (broad SMARTS) is 1. The Balaban J connectivity index is 1.77. The lowest BCUT2D eigenvalue weighted by atomic mass is 10.1. The van der Waals surface area contributed by atoms with Crippen molar-refractivity contribution in [3.8, 4) is 0 Å². The molecule has 3 N–H and O–H groups in total. The number of furan rings is 1. The van der Waals surface area contributed by atoms with E-state index < -0.39 is 5.97 Å². The third-order valence-corrected chi connectivity index (χ3v) is 3.90. The van der Waals surface area contributed by atoms with E-state index in [0.29, 0.717) is 11.5 Å². The highest BCUT2D eigenvalue weighted by Crippen LogP contribution is 2.23. The van der Waals surface area contributed by atoms with Crippen molar-refractivity contribution in [1.82, 2.24) is 4.90 Å². The largest absolute Gasteiger partial charge is 0.475 e. The highest BCUT2D eigenvalue weighted by atomic mass is 16.4. The molecule has 0 amide bonds. The van der Waals surface area contributed by atoms with Gasteiger partial charge in [0.1, 0.15) is 5.58 Å². The van der Waals surface area contributed by atoms with Crippen molar-refractivity contribution in [1.29, 1.82) is 0 Å². The van der Waals surface area contributed by atoms with Crippen LogP contribution in [0.5, 0.6) is 0 Å². The van der Waals surface area contributed by atoms with E-state index in [0.717, 1.165) is 38.0 Å². The van der Waals surface area contributed by atoms with Crippen LogP contribution < -0.4 is 5.73 Å². The Morgan fingerprint density at radius 3 is 3.00 bits per heavy atom. The standard InChI is InChI=1S/C15H18N2O3/c16-7-11-3-4-17(9-11)8-10-1-2-13-12(5-10)6-14(20-13)15(18)19/h1-2,5-6,11H,3-4,7-9,16H2,(H,18,19). The average Bonchev–Trinajstić information content (AvgIpc) is 3.04. The molecule has 1 atom stereocenters. The fourth-order valence-electron chi connectivity index (χ4n) is 2.80. The van der Waals surface area contributed by atoms with Gasteiger partial charge in [0.15, 0.2) is 0 Å². The Morgan fingerprint density at radius 2 is 2.30 bits per heavy atom. The molecule has 2 heterocycles. The Bertz CT molecular complexity index is 635. The molecule has 20 heavy (non-hydrogen) atoms. The second-order valence-corrected chi connectivity index (χ2v) is 5.41. The van der Waals surface area contributed by atoms with Gasteiger partial charge >= 0.3 is 5.97 Å². The molecule has 1 aliphatic rings. The lowest BCUT2D eigenvalue weighted by Gasteiger charge is -2.15. The van der Waals surface area contributed by atoms with Gasteiger partial charge in [0.25, 0.3) is 0 Å². The fourth-order valence-corrected chi connectivity index (χ4v) is 2.80. The first kappa shape index (κ1) is 13.1. The van der Waals surface area contributed by atoms with Gasteiger partial charge in [0, 0.05) is 18.5 Å². The first-order valence-electron chi connectivity index (χ1n) is 6.84. The van der Waals surface area contributed by atoms with Gasteiger partial charge in [-0.1, -0.05) is 6.07 Å². The van der Waals surface area contributed by atoms with Crippen molar-refractivity contribution in [2.45, 2.75) is 13.0 Å². The van der Waals surface area contributed by atoms with Crippen molar-refractivity contribution in [3.05, 3.63) is 35.6 Å². The average molecular weight is 274 g/mol. The Hall–Kier alpha value is -1.85. The van der Waals surface area contributed by atoms with Gasteiger partial charge in [-0.2, -0.15) is 0 Å². The first-order valence-corrected chi connectivity index (χ1v) is 6.84. The third-order valence-electron chi connectivity index (χ3n) is 3.90. The molecule has 106 valence electrons. The van der Waals surface area contributed by atoms with Crippen LogP contribution in [0.2, 0.25) is 0 Å². The van der Waals surface area contributed by atoms with E-state index in [1.807, 2.05) is 18.2 Å². The van der Waals surface area contributed by atoms with Crippen LogP contribution in [0.4, 0.5) is 0 Å². The van der Waals surface area contributed by atoms with Crippen LogP contribution in [0.15, 0.2) is 28.7 Å². The number of carboxylic acids is 1. The minimum absolute atomic E-state index is 0.0125. The van der Waals surface area contributed by atoms with Crippen LogP contribution in [0.25, 0.3) is 11.0 Å². The topological polar surface area (TPSA) is 79.7 Å². The molecule has 5 heteroatoms. The number of likely N-dealkylation sites (tertiary alicyclic amines) is 1. The molecular formula is C15H18N2O3. The molecule has 1 aromatic heterocycles. The molecule has 0 saturated carbocycles. The minimum atomic E-state index is -1.03. The summed E-state index contributed by atoms with van der Waals surface area (Å²) in [6, 6.07) is 7.41. The number of hydrogen-bond donors (Lipinski definition) is 2. The van der Waals surface area contributed by atoms with Crippen LogP contribution >= 0.6 is 0 Å². The number of nitrogens with two attached hydrogens (primary N) is 1. The van der Waals surface area contributed by atoms with Crippen LogP contribution in [0.1, 0.15) is 22.5 Å². The maximum Gasteiger partial charge on any atom is 0.371 e. The van der Waals surface area contributed by atoms with E-state index in [2.05, 4.69) is 4.90 Å². The summed E-state index contributed by atoms with van der Waals surface area (Å²) in [7, 11) is 0. The number of rotatable bonds is 4. The molecule has 2 aromatic rings. The van der Waals surface area contributed by atoms with Crippen molar-refractivity contribution in [3.63, 3.8) is 0 Å². The number of benzene rings is 1. The van der Waals surface area contributed by atoms with Gasteiger partial charge in [-0.3, -0.25) is 4.90 Å². The molecule has 0 spiro atoms. The molecule has 0 aliphatic carbocycles. The van der Waals surface area contributed by atoms with Gasteiger partial charge in [-0.25, -0.2) is 4.79 Å². The van der Waals surface area contributed by atoms with Gasteiger partial charge in [-0.05, 0) is 49.2 Å². The number of fused-ring (bicyclic) bond motifs is 1. The van der Waals surface area contributed by atoms with E-state index in [1.165, 1.54) is 5.56 Å². The van der Waals surface area contributed by atoms with Crippen LogP contribution in [0.3, 0.4) is 0 Å². The summed E-state index contributed by atoms with van der Waals surface area (Å²) < 4.78 is 5.26. The van der Waals surface area contributed by atoms with Gasteiger partial charge in [0.2, 0.25) is 5.76 Å². The van der Waals surface area contributed by atoms with Crippen molar-refractivity contribution in [2.24, 2.45) is 11.7 Å².